The molecule has 1 atom stereocenters. The van der Waals surface area contributed by atoms with E-state index in [4.69, 9.17) is 4.98 Å². The summed E-state index contributed by atoms with van der Waals surface area (Å²) >= 11 is 6.15. The maximum absolute atomic E-state index is 4.99. The molecule has 1 aliphatic heterocycles. The van der Waals surface area contributed by atoms with Crippen molar-refractivity contribution in [2.24, 2.45) is 0 Å². The molecule has 1 aromatic rings. The number of rotatable bonds is 5. The highest BCUT2D eigenvalue weighted by atomic mass is 32.2. The van der Waals surface area contributed by atoms with Gasteiger partial charge in [0.25, 0.3) is 0 Å². The molecule has 100 valence electrons. The summed E-state index contributed by atoms with van der Waals surface area (Å²) in [6, 6.07) is 0. The topological polar surface area (TPSA) is 24.9 Å². The van der Waals surface area contributed by atoms with Crippen LogP contribution in [0.2, 0.25) is 0 Å². The molecule has 1 aromatic heterocycles. The van der Waals surface area contributed by atoms with Gasteiger partial charge in [0.2, 0.25) is 0 Å². The second-order valence-electron chi connectivity index (χ2n) is 4.85. The van der Waals surface area contributed by atoms with Gasteiger partial charge in [-0.3, -0.25) is 0 Å². The summed E-state index contributed by atoms with van der Waals surface area (Å²) in [6.07, 6.45) is 2.71. The minimum Gasteiger partial charge on any atom is -0.312 e. The first-order valence-corrected chi connectivity index (χ1v) is 9.80. The van der Waals surface area contributed by atoms with Gasteiger partial charge in [-0.1, -0.05) is 6.92 Å². The summed E-state index contributed by atoms with van der Waals surface area (Å²) in [7, 11) is 0. The Balaban J connectivity index is 1.77. The Kier molecular flexibility index (Phi) is 4.55. The molecule has 2 nitrogen and oxygen atoms in total. The van der Waals surface area contributed by atoms with Gasteiger partial charge in [-0.25, -0.2) is 4.98 Å². The lowest BCUT2D eigenvalue weighted by atomic mass is 10.2. The molecule has 0 amide bonds. The molecule has 1 saturated heterocycles. The molecule has 1 aliphatic carbocycles. The van der Waals surface area contributed by atoms with E-state index >= 15 is 0 Å². The van der Waals surface area contributed by atoms with E-state index in [1.807, 2.05) is 11.3 Å². The minimum absolute atomic E-state index is 0.654. The van der Waals surface area contributed by atoms with Gasteiger partial charge in [0.05, 0.1) is 10.9 Å². The molecule has 5 heteroatoms. The fourth-order valence-electron chi connectivity index (χ4n) is 2.19. The zero-order valence-electron chi connectivity index (χ0n) is 10.8. The predicted molar refractivity (Wildman–Crippen MR) is 84.0 cm³/mol. The van der Waals surface area contributed by atoms with Gasteiger partial charge < -0.3 is 5.32 Å². The predicted octanol–water partition coefficient (Wildman–Crippen LogP) is 3.65. The van der Waals surface area contributed by atoms with Crippen molar-refractivity contribution in [1.29, 1.82) is 0 Å². The fourth-order valence-corrected chi connectivity index (χ4v) is 6.30. The summed E-state index contributed by atoms with van der Waals surface area (Å²) in [5, 5.41) is 5.51. The molecule has 0 radical (unpaired) electrons. The van der Waals surface area contributed by atoms with Crippen LogP contribution in [0.4, 0.5) is 0 Å². The second kappa shape index (κ2) is 6.16. The minimum atomic E-state index is 0.654. The van der Waals surface area contributed by atoms with Gasteiger partial charge in [-0.15, -0.1) is 23.1 Å². The highest BCUT2D eigenvalue weighted by Gasteiger charge is 2.31. The standard InChI is InChI=1S/C13H20N2S3/c1-2-14-7-10-12(9-3-4-9)15-13(18-10)11-8-16-5-6-17-11/h9,11,14H,2-8H2,1H3. The SMILES string of the molecule is CCNCc1sc(C2CSCCS2)nc1C1CC1. The number of aromatic nitrogens is 1. The number of nitrogens with zero attached hydrogens (tertiary/aromatic N) is 1. The van der Waals surface area contributed by atoms with E-state index in [9.17, 15) is 0 Å². The Morgan fingerprint density at radius 3 is 2.89 bits per heavy atom. The largest absolute Gasteiger partial charge is 0.312 e. The van der Waals surface area contributed by atoms with E-state index in [1.165, 1.54) is 45.7 Å². The zero-order valence-corrected chi connectivity index (χ0v) is 13.2. The molecule has 0 bridgehead atoms. The van der Waals surface area contributed by atoms with Gasteiger partial charge in [-0.05, 0) is 19.4 Å². The van der Waals surface area contributed by atoms with Crippen molar-refractivity contribution in [3.63, 3.8) is 0 Å². The number of hydrogen-bond donors (Lipinski definition) is 1. The molecule has 3 rings (SSSR count). The van der Waals surface area contributed by atoms with E-state index in [-0.39, 0.29) is 0 Å². The molecule has 2 heterocycles. The van der Waals surface area contributed by atoms with Crippen molar-refractivity contribution < 1.29 is 0 Å². The zero-order chi connectivity index (χ0) is 12.4. The van der Waals surface area contributed by atoms with Crippen LogP contribution >= 0.6 is 34.9 Å². The lowest BCUT2D eigenvalue weighted by Gasteiger charge is -2.18. The maximum Gasteiger partial charge on any atom is 0.107 e. The fraction of sp³-hybridized carbons (Fsp3) is 0.769. The van der Waals surface area contributed by atoms with Crippen LogP contribution in [-0.4, -0.2) is 28.8 Å². The number of thioether (sulfide) groups is 2. The van der Waals surface area contributed by atoms with Crippen molar-refractivity contribution >= 4 is 34.9 Å². The van der Waals surface area contributed by atoms with Crippen LogP contribution in [0.25, 0.3) is 0 Å². The van der Waals surface area contributed by atoms with Crippen LogP contribution in [0, 0.1) is 0 Å². The quantitative estimate of drug-likeness (QED) is 0.897. The maximum atomic E-state index is 4.99. The third kappa shape index (κ3) is 3.06. The van der Waals surface area contributed by atoms with Crippen molar-refractivity contribution in [1.82, 2.24) is 10.3 Å². The Morgan fingerprint density at radius 1 is 1.33 bits per heavy atom. The normalized spacial score (nSPS) is 24.4. The Labute approximate surface area is 122 Å². The summed E-state index contributed by atoms with van der Waals surface area (Å²) in [5.74, 6) is 4.63. The van der Waals surface area contributed by atoms with Gasteiger partial charge in [-0.2, -0.15) is 11.8 Å². The summed E-state index contributed by atoms with van der Waals surface area (Å²) in [4.78, 5) is 6.50. The summed E-state index contributed by atoms with van der Waals surface area (Å²) < 4.78 is 0. The van der Waals surface area contributed by atoms with Crippen molar-refractivity contribution in [2.75, 3.05) is 23.8 Å². The van der Waals surface area contributed by atoms with Crippen molar-refractivity contribution in [2.45, 2.75) is 37.5 Å². The molecule has 0 spiro atoms. The van der Waals surface area contributed by atoms with Gasteiger partial charge >= 0.3 is 0 Å². The first kappa shape index (κ1) is 13.3. The Hall–Kier alpha value is 0.290. The molecule has 1 N–H and O–H groups in total. The average Bonchev–Trinajstić information content (AvgIpc) is 3.18. The van der Waals surface area contributed by atoms with E-state index < -0.39 is 0 Å². The summed E-state index contributed by atoms with van der Waals surface area (Å²) in [5.41, 5.74) is 1.42. The first-order valence-electron chi connectivity index (χ1n) is 6.78. The third-order valence-electron chi connectivity index (χ3n) is 3.34. The van der Waals surface area contributed by atoms with Crippen LogP contribution in [0.3, 0.4) is 0 Å². The number of thiazole rings is 1. The Bertz CT molecular complexity index is 395. The van der Waals surface area contributed by atoms with Crippen LogP contribution < -0.4 is 5.32 Å². The van der Waals surface area contributed by atoms with Crippen LogP contribution in [-0.2, 0) is 6.54 Å². The van der Waals surface area contributed by atoms with Crippen molar-refractivity contribution in [3.05, 3.63) is 15.6 Å². The molecule has 1 saturated carbocycles. The average molecular weight is 301 g/mol. The lowest BCUT2D eigenvalue weighted by molar-refractivity contribution is 0.726. The molecule has 2 aliphatic rings. The smallest absolute Gasteiger partial charge is 0.107 e. The van der Waals surface area contributed by atoms with Gasteiger partial charge in [0, 0.05) is 34.6 Å². The van der Waals surface area contributed by atoms with Gasteiger partial charge in [0.15, 0.2) is 0 Å². The third-order valence-corrected chi connectivity index (χ3v) is 7.43. The van der Waals surface area contributed by atoms with Gasteiger partial charge in [0.1, 0.15) is 5.01 Å². The Morgan fingerprint density at radius 2 is 2.22 bits per heavy atom. The highest BCUT2D eigenvalue weighted by Crippen LogP contribution is 2.46. The molecular weight excluding hydrogens is 280 g/mol. The number of nitrogens with one attached hydrogen (secondary N) is 1. The highest BCUT2D eigenvalue weighted by molar-refractivity contribution is 8.06. The van der Waals surface area contributed by atoms with Crippen LogP contribution in [0.1, 0.15) is 46.5 Å². The lowest BCUT2D eigenvalue weighted by Crippen LogP contribution is -2.11. The summed E-state index contributed by atoms with van der Waals surface area (Å²) in [6.45, 7) is 4.24. The first-order chi connectivity index (χ1) is 8.88. The van der Waals surface area contributed by atoms with E-state index in [2.05, 4.69) is 35.8 Å². The number of hydrogen-bond acceptors (Lipinski definition) is 5. The van der Waals surface area contributed by atoms with Crippen LogP contribution in [0.5, 0.6) is 0 Å². The van der Waals surface area contributed by atoms with Crippen LogP contribution in [0.15, 0.2) is 0 Å². The van der Waals surface area contributed by atoms with E-state index in [0.717, 1.165) is 19.0 Å². The monoisotopic (exact) mass is 300 g/mol. The molecule has 0 aromatic carbocycles. The van der Waals surface area contributed by atoms with Crippen molar-refractivity contribution in [3.8, 4) is 0 Å². The molecule has 1 unspecified atom stereocenters. The second-order valence-corrected chi connectivity index (χ2v) is 8.43. The molecular formula is C13H20N2S3. The van der Waals surface area contributed by atoms with E-state index in [0.29, 0.717) is 5.25 Å². The van der Waals surface area contributed by atoms with E-state index in [1.54, 1.807) is 0 Å². The molecule has 2 fully saturated rings. The molecule has 18 heavy (non-hydrogen) atoms.